The zero-order valence-corrected chi connectivity index (χ0v) is 16.0. The maximum Gasteiger partial charge on any atom is 0.191 e. The number of hydrogen-bond acceptors (Lipinski definition) is 4. The lowest BCUT2D eigenvalue weighted by Gasteiger charge is -2.27. The van der Waals surface area contributed by atoms with Crippen LogP contribution in [0.1, 0.15) is 34.1 Å². The van der Waals surface area contributed by atoms with Gasteiger partial charge in [-0.15, -0.1) is 0 Å². The monoisotopic (exact) mass is 334 g/mol. The van der Waals surface area contributed by atoms with Gasteiger partial charge in [0.15, 0.2) is 5.96 Å². The van der Waals surface area contributed by atoms with Crippen molar-refractivity contribution >= 4 is 15.8 Å². The van der Waals surface area contributed by atoms with Gasteiger partial charge >= 0.3 is 0 Å². The summed E-state index contributed by atoms with van der Waals surface area (Å²) < 4.78 is 22.5. The first-order valence-electron chi connectivity index (χ1n) is 7.82. The Labute approximate surface area is 136 Å². The molecule has 0 bridgehead atoms. The van der Waals surface area contributed by atoms with Gasteiger partial charge in [0.1, 0.15) is 9.84 Å². The molecule has 0 amide bonds. The molecule has 6 nitrogen and oxygen atoms in total. The van der Waals surface area contributed by atoms with E-state index in [1.807, 2.05) is 13.8 Å². The van der Waals surface area contributed by atoms with Crippen LogP contribution in [-0.4, -0.2) is 71.1 Å². The maximum absolute atomic E-state index is 11.2. The Morgan fingerprint density at radius 1 is 1.32 bits per heavy atom. The van der Waals surface area contributed by atoms with Crippen LogP contribution >= 0.6 is 0 Å². The fourth-order valence-electron chi connectivity index (χ4n) is 2.22. The van der Waals surface area contributed by atoms with Crippen molar-refractivity contribution < 1.29 is 8.42 Å². The zero-order chi connectivity index (χ0) is 17.4. The third-order valence-electron chi connectivity index (χ3n) is 3.06. The van der Waals surface area contributed by atoms with E-state index in [2.05, 4.69) is 48.5 Å². The molecule has 0 aliphatic rings. The Balaban J connectivity index is 4.60. The van der Waals surface area contributed by atoms with Gasteiger partial charge in [-0.25, -0.2) is 8.42 Å². The lowest BCUT2D eigenvalue weighted by Crippen LogP contribution is -2.43. The van der Waals surface area contributed by atoms with Crippen LogP contribution in [0.15, 0.2) is 4.99 Å². The summed E-state index contributed by atoms with van der Waals surface area (Å²) in [5.41, 5.74) is 0.0852. The van der Waals surface area contributed by atoms with Crippen LogP contribution in [0.2, 0.25) is 0 Å². The second kappa shape index (κ2) is 9.35. The Morgan fingerprint density at radius 2 is 1.91 bits per heavy atom. The Kier molecular flexibility index (Phi) is 9.00. The third kappa shape index (κ3) is 11.8. The molecule has 0 radical (unpaired) electrons. The zero-order valence-electron chi connectivity index (χ0n) is 15.2. The lowest BCUT2D eigenvalue weighted by atomic mass is 9.93. The molecule has 0 aliphatic carbocycles. The minimum atomic E-state index is -2.92. The highest BCUT2D eigenvalue weighted by molar-refractivity contribution is 7.90. The molecule has 0 aromatic rings. The highest BCUT2D eigenvalue weighted by atomic mass is 32.2. The highest BCUT2D eigenvalue weighted by Gasteiger charge is 2.19. The van der Waals surface area contributed by atoms with Gasteiger partial charge in [-0.1, -0.05) is 13.8 Å². The van der Waals surface area contributed by atoms with Crippen molar-refractivity contribution in [3.8, 4) is 0 Å². The summed E-state index contributed by atoms with van der Waals surface area (Å²) in [5.74, 6) is 0.933. The van der Waals surface area contributed by atoms with Crippen LogP contribution in [0, 0.1) is 5.41 Å². The fourth-order valence-corrected chi connectivity index (χ4v) is 3.00. The quantitative estimate of drug-likeness (QED) is 0.485. The molecular formula is C15H34N4O2S. The van der Waals surface area contributed by atoms with Gasteiger partial charge in [0.2, 0.25) is 0 Å². The van der Waals surface area contributed by atoms with E-state index < -0.39 is 9.84 Å². The standard InChI is InChI=1S/C15H34N4O2S/c1-8-16-14(17-11-15(3,4)12-19(5)6)18-13(2)9-10-22(7,20)21/h13H,8-12H2,1-7H3,(H2,16,17,18). The minimum absolute atomic E-state index is 0.0597. The molecule has 1 atom stereocenters. The van der Waals surface area contributed by atoms with Crippen molar-refractivity contribution in [3.05, 3.63) is 0 Å². The summed E-state index contributed by atoms with van der Waals surface area (Å²) in [5, 5.41) is 6.49. The van der Waals surface area contributed by atoms with Gasteiger partial charge < -0.3 is 15.5 Å². The third-order valence-corrected chi connectivity index (χ3v) is 4.04. The first kappa shape index (κ1) is 21.2. The molecule has 1 unspecified atom stereocenters. The first-order valence-corrected chi connectivity index (χ1v) is 9.88. The van der Waals surface area contributed by atoms with Gasteiger partial charge in [0.05, 0.1) is 5.75 Å². The van der Waals surface area contributed by atoms with Crippen LogP contribution in [0.3, 0.4) is 0 Å². The summed E-state index contributed by atoms with van der Waals surface area (Å²) in [4.78, 5) is 6.80. The second-order valence-corrected chi connectivity index (χ2v) is 9.32. The molecule has 7 heteroatoms. The lowest BCUT2D eigenvalue weighted by molar-refractivity contribution is 0.248. The van der Waals surface area contributed by atoms with E-state index in [4.69, 9.17) is 0 Å². The Morgan fingerprint density at radius 3 is 2.36 bits per heavy atom. The van der Waals surface area contributed by atoms with Gasteiger partial charge in [0, 0.05) is 31.9 Å². The van der Waals surface area contributed by atoms with E-state index >= 15 is 0 Å². The molecule has 0 spiro atoms. The average Bonchev–Trinajstić information content (AvgIpc) is 2.31. The van der Waals surface area contributed by atoms with Crippen molar-refractivity contribution in [1.29, 1.82) is 0 Å². The molecule has 0 fully saturated rings. The summed E-state index contributed by atoms with van der Waals surface area (Å²) in [7, 11) is 1.19. The van der Waals surface area contributed by atoms with Crippen molar-refractivity contribution in [3.63, 3.8) is 0 Å². The summed E-state index contributed by atoms with van der Waals surface area (Å²) in [6, 6.07) is 0.0597. The van der Waals surface area contributed by atoms with E-state index in [-0.39, 0.29) is 17.2 Å². The smallest absolute Gasteiger partial charge is 0.191 e. The largest absolute Gasteiger partial charge is 0.357 e. The Bertz CT molecular complexity index is 444. The van der Waals surface area contributed by atoms with Gasteiger partial charge in [-0.3, -0.25) is 4.99 Å². The van der Waals surface area contributed by atoms with Crippen LogP contribution in [0.25, 0.3) is 0 Å². The second-order valence-electron chi connectivity index (χ2n) is 7.06. The molecule has 0 rings (SSSR count). The molecular weight excluding hydrogens is 300 g/mol. The van der Waals surface area contributed by atoms with E-state index in [0.29, 0.717) is 13.0 Å². The number of rotatable bonds is 9. The van der Waals surface area contributed by atoms with Crippen molar-refractivity contribution in [2.75, 3.05) is 45.7 Å². The van der Waals surface area contributed by atoms with E-state index in [0.717, 1.165) is 19.0 Å². The molecule has 0 saturated carbocycles. The number of sulfone groups is 1. The molecule has 0 aromatic carbocycles. The number of nitrogens with zero attached hydrogens (tertiary/aromatic N) is 2. The van der Waals surface area contributed by atoms with Crippen LogP contribution in [-0.2, 0) is 9.84 Å². The van der Waals surface area contributed by atoms with E-state index in [1.165, 1.54) is 6.26 Å². The maximum atomic E-state index is 11.2. The average molecular weight is 335 g/mol. The fraction of sp³-hybridized carbons (Fsp3) is 0.933. The van der Waals surface area contributed by atoms with Crippen LogP contribution in [0.5, 0.6) is 0 Å². The SMILES string of the molecule is CCNC(=NCC(C)(C)CN(C)C)NC(C)CCS(C)(=O)=O. The summed E-state index contributed by atoms with van der Waals surface area (Å²) in [6.45, 7) is 10.8. The minimum Gasteiger partial charge on any atom is -0.357 e. The van der Waals surface area contributed by atoms with Gasteiger partial charge in [-0.2, -0.15) is 0 Å². The molecule has 0 saturated heterocycles. The predicted octanol–water partition coefficient (Wildman–Crippen LogP) is 0.953. The van der Waals surface area contributed by atoms with Crippen molar-refractivity contribution in [2.45, 2.75) is 40.2 Å². The molecule has 0 heterocycles. The number of guanidine groups is 1. The van der Waals surface area contributed by atoms with Crippen LogP contribution < -0.4 is 10.6 Å². The molecule has 0 aliphatic heterocycles. The molecule has 22 heavy (non-hydrogen) atoms. The van der Waals surface area contributed by atoms with Gasteiger partial charge in [0.25, 0.3) is 0 Å². The van der Waals surface area contributed by atoms with Crippen molar-refractivity contribution in [1.82, 2.24) is 15.5 Å². The molecule has 132 valence electrons. The normalized spacial score (nSPS) is 15.0. The summed E-state index contributed by atoms with van der Waals surface area (Å²) in [6.07, 6.45) is 1.84. The van der Waals surface area contributed by atoms with Crippen molar-refractivity contribution in [2.24, 2.45) is 10.4 Å². The molecule has 0 aromatic heterocycles. The van der Waals surface area contributed by atoms with Gasteiger partial charge in [-0.05, 0) is 39.8 Å². The topological polar surface area (TPSA) is 73.8 Å². The molecule has 2 N–H and O–H groups in total. The first-order chi connectivity index (χ1) is 9.95. The number of nitrogens with one attached hydrogen (secondary N) is 2. The number of aliphatic imine (C=N–C) groups is 1. The van der Waals surface area contributed by atoms with E-state index in [1.54, 1.807) is 0 Å². The highest BCUT2D eigenvalue weighted by Crippen LogP contribution is 2.16. The van der Waals surface area contributed by atoms with Crippen LogP contribution in [0.4, 0.5) is 0 Å². The Hall–Kier alpha value is -0.820. The number of hydrogen-bond donors (Lipinski definition) is 2. The van der Waals surface area contributed by atoms with E-state index in [9.17, 15) is 8.42 Å². The summed E-state index contributed by atoms with van der Waals surface area (Å²) >= 11 is 0. The predicted molar refractivity (Wildman–Crippen MR) is 95.2 cm³/mol.